The molecule has 0 amide bonds. The van der Waals surface area contributed by atoms with E-state index in [1.807, 2.05) is 24.3 Å². The zero-order valence-corrected chi connectivity index (χ0v) is 11.3. The van der Waals surface area contributed by atoms with Crippen molar-refractivity contribution in [3.63, 3.8) is 0 Å². The molecule has 0 radical (unpaired) electrons. The minimum absolute atomic E-state index is 0.245. The summed E-state index contributed by atoms with van der Waals surface area (Å²) in [4.78, 5) is 17.8. The molecular formula is C15H17N3O2. The Labute approximate surface area is 117 Å². The zero-order chi connectivity index (χ0) is 14.1. The van der Waals surface area contributed by atoms with E-state index in [2.05, 4.69) is 22.2 Å². The van der Waals surface area contributed by atoms with Crippen molar-refractivity contribution in [3.05, 3.63) is 36.0 Å². The fourth-order valence-corrected chi connectivity index (χ4v) is 2.72. The van der Waals surface area contributed by atoms with Gasteiger partial charge in [-0.15, -0.1) is 0 Å². The highest BCUT2D eigenvalue weighted by molar-refractivity contribution is 6.06. The number of rotatable bonds is 3. The lowest BCUT2D eigenvalue weighted by Gasteiger charge is -2.15. The number of likely N-dealkylation sites (tertiary alicyclic amines) is 1. The van der Waals surface area contributed by atoms with E-state index in [-0.39, 0.29) is 5.56 Å². The van der Waals surface area contributed by atoms with Gasteiger partial charge in [0, 0.05) is 29.6 Å². The Morgan fingerprint density at radius 1 is 1.40 bits per heavy atom. The molecular weight excluding hydrogens is 254 g/mol. The molecule has 1 aliphatic heterocycles. The molecule has 20 heavy (non-hydrogen) atoms. The first-order valence-corrected chi connectivity index (χ1v) is 6.71. The maximum atomic E-state index is 11.2. The first-order valence-electron chi connectivity index (χ1n) is 6.71. The minimum Gasteiger partial charge on any atom is -0.478 e. The highest BCUT2D eigenvalue weighted by atomic mass is 16.4. The van der Waals surface area contributed by atoms with E-state index in [1.54, 1.807) is 0 Å². The average Bonchev–Trinajstić information content (AvgIpc) is 2.84. The number of benzene rings is 1. The van der Waals surface area contributed by atoms with Crippen LogP contribution >= 0.6 is 0 Å². The summed E-state index contributed by atoms with van der Waals surface area (Å²) in [6, 6.07) is 7.86. The van der Waals surface area contributed by atoms with E-state index in [1.165, 1.54) is 6.20 Å². The van der Waals surface area contributed by atoms with Crippen LogP contribution in [0.15, 0.2) is 30.5 Å². The maximum Gasteiger partial charge on any atom is 0.337 e. The standard InChI is InChI=1S/C15H17N3O2/c1-18-7-6-10(9-18)17-14-12-5-3-2-4-11(12)13(8-16-14)15(19)20/h2-5,8,10H,6-7,9H2,1H3,(H,16,17)(H,19,20). The van der Waals surface area contributed by atoms with Crippen molar-refractivity contribution < 1.29 is 9.90 Å². The fourth-order valence-electron chi connectivity index (χ4n) is 2.72. The lowest BCUT2D eigenvalue weighted by Crippen LogP contribution is -2.24. The number of carboxylic acids is 1. The highest BCUT2D eigenvalue weighted by Gasteiger charge is 2.21. The molecule has 0 bridgehead atoms. The predicted octanol–water partition coefficient (Wildman–Crippen LogP) is 2.05. The molecule has 1 aliphatic rings. The third-order valence-electron chi connectivity index (χ3n) is 3.76. The van der Waals surface area contributed by atoms with Crippen molar-refractivity contribution in [1.82, 2.24) is 9.88 Å². The summed E-state index contributed by atoms with van der Waals surface area (Å²) in [5.74, 6) is -0.174. The van der Waals surface area contributed by atoms with Crippen LogP contribution in [0.25, 0.3) is 10.8 Å². The van der Waals surface area contributed by atoms with Gasteiger partial charge in [0.1, 0.15) is 5.82 Å². The number of nitrogens with zero attached hydrogens (tertiary/aromatic N) is 2. The number of hydrogen-bond acceptors (Lipinski definition) is 4. The van der Waals surface area contributed by atoms with E-state index >= 15 is 0 Å². The highest BCUT2D eigenvalue weighted by Crippen LogP contribution is 2.26. The summed E-state index contributed by atoms with van der Waals surface area (Å²) in [6.45, 7) is 2.06. The van der Waals surface area contributed by atoms with Gasteiger partial charge in [-0.05, 0) is 20.0 Å². The molecule has 1 aromatic heterocycles. The largest absolute Gasteiger partial charge is 0.478 e. The lowest BCUT2D eigenvalue weighted by molar-refractivity contribution is 0.0698. The number of aromatic nitrogens is 1. The molecule has 5 heteroatoms. The summed E-state index contributed by atoms with van der Waals surface area (Å²) in [5.41, 5.74) is 0.245. The number of nitrogens with one attached hydrogen (secondary N) is 1. The number of pyridine rings is 1. The summed E-state index contributed by atoms with van der Waals surface area (Å²) in [6.07, 6.45) is 2.51. The second-order valence-electron chi connectivity index (χ2n) is 5.26. The quantitative estimate of drug-likeness (QED) is 0.894. The van der Waals surface area contributed by atoms with Crippen LogP contribution in [0.4, 0.5) is 5.82 Å². The van der Waals surface area contributed by atoms with Gasteiger partial charge < -0.3 is 15.3 Å². The lowest BCUT2D eigenvalue weighted by atomic mass is 10.1. The van der Waals surface area contributed by atoms with Crippen LogP contribution in [0.3, 0.4) is 0 Å². The molecule has 1 aromatic carbocycles. The SMILES string of the molecule is CN1CCC(Nc2ncc(C(=O)O)c3ccccc23)C1. The number of carbonyl (C=O) groups is 1. The molecule has 1 atom stereocenters. The van der Waals surface area contributed by atoms with Gasteiger partial charge in [0.05, 0.1) is 5.56 Å². The van der Waals surface area contributed by atoms with Gasteiger partial charge in [-0.2, -0.15) is 0 Å². The summed E-state index contributed by atoms with van der Waals surface area (Å²) in [7, 11) is 2.10. The number of anilines is 1. The Morgan fingerprint density at radius 3 is 2.80 bits per heavy atom. The van der Waals surface area contributed by atoms with E-state index in [0.29, 0.717) is 6.04 Å². The summed E-state index contributed by atoms with van der Waals surface area (Å²) in [5, 5.41) is 14.2. The number of fused-ring (bicyclic) bond motifs is 1. The van der Waals surface area contributed by atoms with Crippen LogP contribution in [0.1, 0.15) is 16.8 Å². The Bertz CT molecular complexity index is 657. The van der Waals surface area contributed by atoms with Gasteiger partial charge in [-0.25, -0.2) is 9.78 Å². The second-order valence-corrected chi connectivity index (χ2v) is 5.26. The average molecular weight is 271 g/mol. The van der Waals surface area contributed by atoms with Gasteiger partial charge in [0.25, 0.3) is 0 Å². The molecule has 1 unspecified atom stereocenters. The van der Waals surface area contributed by atoms with Crippen LogP contribution in [-0.4, -0.2) is 47.1 Å². The van der Waals surface area contributed by atoms with Crippen molar-refractivity contribution >= 4 is 22.6 Å². The van der Waals surface area contributed by atoms with Crippen molar-refractivity contribution in [1.29, 1.82) is 0 Å². The van der Waals surface area contributed by atoms with Gasteiger partial charge >= 0.3 is 5.97 Å². The van der Waals surface area contributed by atoms with E-state index in [9.17, 15) is 9.90 Å². The Balaban J connectivity index is 2.00. The molecule has 2 N–H and O–H groups in total. The van der Waals surface area contributed by atoms with Crippen molar-refractivity contribution in [2.45, 2.75) is 12.5 Å². The monoisotopic (exact) mass is 271 g/mol. The Kier molecular flexibility index (Phi) is 3.28. The van der Waals surface area contributed by atoms with Crippen molar-refractivity contribution in [2.75, 3.05) is 25.5 Å². The third-order valence-corrected chi connectivity index (χ3v) is 3.76. The third kappa shape index (κ3) is 2.32. The van der Waals surface area contributed by atoms with Gasteiger partial charge in [0.15, 0.2) is 0 Å². The molecule has 0 saturated carbocycles. The Morgan fingerprint density at radius 2 is 2.15 bits per heavy atom. The van der Waals surface area contributed by atoms with E-state index in [0.717, 1.165) is 36.1 Å². The van der Waals surface area contributed by atoms with Crippen LogP contribution in [0.2, 0.25) is 0 Å². The molecule has 104 valence electrons. The maximum absolute atomic E-state index is 11.2. The summed E-state index contributed by atoms with van der Waals surface area (Å²) >= 11 is 0. The number of hydrogen-bond donors (Lipinski definition) is 2. The molecule has 5 nitrogen and oxygen atoms in total. The fraction of sp³-hybridized carbons (Fsp3) is 0.333. The molecule has 3 rings (SSSR count). The summed E-state index contributed by atoms with van der Waals surface area (Å²) < 4.78 is 0. The first-order chi connectivity index (χ1) is 9.65. The van der Waals surface area contributed by atoms with Gasteiger partial charge in [-0.3, -0.25) is 0 Å². The first kappa shape index (κ1) is 12.9. The van der Waals surface area contributed by atoms with Gasteiger partial charge in [0.2, 0.25) is 0 Å². The molecule has 0 aliphatic carbocycles. The number of carboxylic acid groups (broad SMARTS) is 1. The molecule has 2 heterocycles. The van der Waals surface area contributed by atoms with Crippen LogP contribution in [0.5, 0.6) is 0 Å². The zero-order valence-electron chi connectivity index (χ0n) is 11.3. The van der Waals surface area contributed by atoms with E-state index in [4.69, 9.17) is 0 Å². The van der Waals surface area contributed by atoms with Crippen molar-refractivity contribution in [2.24, 2.45) is 0 Å². The van der Waals surface area contributed by atoms with Crippen LogP contribution in [-0.2, 0) is 0 Å². The number of aromatic carboxylic acids is 1. The second kappa shape index (κ2) is 5.09. The number of likely N-dealkylation sites (N-methyl/N-ethyl adjacent to an activating group) is 1. The minimum atomic E-state index is -0.944. The van der Waals surface area contributed by atoms with Crippen LogP contribution in [0, 0.1) is 0 Å². The molecule has 2 aromatic rings. The molecule has 1 saturated heterocycles. The normalized spacial score (nSPS) is 19.4. The van der Waals surface area contributed by atoms with E-state index < -0.39 is 5.97 Å². The van der Waals surface area contributed by atoms with Crippen LogP contribution < -0.4 is 5.32 Å². The predicted molar refractivity (Wildman–Crippen MR) is 78.2 cm³/mol. The smallest absolute Gasteiger partial charge is 0.337 e. The van der Waals surface area contributed by atoms with Gasteiger partial charge in [-0.1, -0.05) is 24.3 Å². The Hall–Kier alpha value is -2.14. The molecule has 1 fully saturated rings. The topological polar surface area (TPSA) is 65.5 Å². The van der Waals surface area contributed by atoms with Crippen molar-refractivity contribution in [3.8, 4) is 0 Å². The molecule has 0 spiro atoms.